The van der Waals surface area contributed by atoms with Crippen molar-refractivity contribution in [1.29, 1.82) is 0 Å². The number of pyridine rings is 6. The number of hydrogen-bond donors (Lipinski definition) is 0. The molecule has 388 valence electrons. The second-order valence-electron chi connectivity index (χ2n) is 13.9. The molecule has 0 saturated heterocycles. The Kier molecular flexibility index (Phi) is 42.6. The molecule has 0 aliphatic heterocycles. The normalized spacial score (nSPS) is 10.2. The fourth-order valence-corrected chi connectivity index (χ4v) is 5.84. The Morgan fingerprint density at radius 2 is 0.457 bits per heavy atom. The Bertz CT molecular complexity index is 1890. The molecule has 2 radical (unpaired) electrons. The van der Waals surface area contributed by atoms with Gasteiger partial charge in [0.05, 0.1) is 44.8 Å². The molecule has 0 saturated carbocycles. The molecule has 0 atom stereocenters. The van der Waals surface area contributed by atoms with Gasteiger partial charge in [-0.25, -0.2) is 37.3 Å². The molecule has 0 amide bonds. The van der Waals surface area contributed by atoms with Gasteiger partial charge >= 0.3 is 33.0 Å². The first kappa shape index (κ1) is 72.2. The molecule has 70 heavy (non-hydrogen) atoms. The number of aryl methyl sites for hydroxylation is 6. The zero-order valence-electron chi connectivity index (χ0n) is 38.6. The minimum absolute atomic E-state index is 0. The number of hydrogen-bond acceptors (Lipinski definition) is 18. The molecule has 16 nitrogen and oxygen atoms in total. The third kappa shape index (κ3) is 41.4. The van der Waals surface area contributed by atoms with Gasteiger partial charge in [-0.2, -0.15) is 0 Å². The molecule has 6 aromatic heterocycles. The maximum atomic E-state index is 8.49. The second kappa shape index (κ2) is 41.3. The minimum Gasteiger partial charge on any atom is -1.00 e. The van der Waals surface area contributed by atoms with Crippen LogP contribution < -0.4 is 37.3 Å². The van der Waals surface area contributed by atoms with Crippen LogP contribution in [0.2, 0.25) is 0 Å². The third-order valence-corrected chi connectivity index (χ3v) is 7.99. The van der Waals surface area contributed by atoms with Crippen LogP contribution in [0.4, 0.5) is 0 Å². The van der Waals surface area contributed by atoms with Crippen molar-refractivity contribution in [3.05, 3.63) is 178 Å². The van der Waals surface area contributed by atoms with E-state index >= 15 is 0 Å². The quantitative estimate of drug-likeness (QED) is 0.0724. The minimum atomic E-state index is -4.94. The summed E-state index contributed by atoms with van der Waals surface area (Å²) in [5, 5.41) is 0.389. The first-order valence-corrected chi connectivity index (χ1v) is 25.6. The average Bonchev–Trinajstić information content (AvgIpc) is 3.21. The molecular formula is C44H52Cl6N8Ni2O8S2+2. The van der Waals surface area contributed by atoms with Gasteiger partial charge < -0.3 is 23.3 Å². The van der Waals surface area contributed by atoms with Crippen LogP contribution in [0.3, 0.4) is 0 Å². The van der Waals surface area contributed by atoms with E-state index in [1.165, 1.54) is 0 Å². The van der Waals surface area contributed by atoms with Gasteiger partial charge in [0.2, 0.25) is 0 Å². The molecular weight excluding hydrogens is 1160 g/mol. The van der Waals surface area contributed by atoms with Gasteiger partial charge in [-0.1, -0.05) is 36.4 Å². The van der Waals surface area contributed by atoms with E-state index in [4.69, 9.17) is 83.7 Å². The summed E-state index contributed by atoms with van der Waals surface area (Å²) in [7, 11) is -9.89. The summed E-state index contributed by atoms with van der Waals surface area (Å²) in [6.07, 6.45) is 0. The zero-order chi connectivity index (χ0) is 51.7. The van der Waals surface area contributed by atoms with E-state index < -0.39 is 20.5 Å². The van der Waals surface area contributed by atoms with Gasteiger partial charge in [-0.05, 0) is 114 Å². The van der Waals surface area contributed by atoms with Crippen LogP contribution in [-0.2, 0) is 95.6 Å². The standard InChI is InChI=1S/2C21H24N4.2CH2Cl2.2ClHO4.2Ni.S2/c2*1-16-7-4-10-19(22-16)13-25(14-20-11-5-8-17(2)23-20)15-21-12-6-9-18(3)24-21;2*2-1-3;2*2-1(3,4)5;;;1-2/h2*4-12H,13-15H2,1-3H3;2*1H2;2*(H,2,3,4,5);;;/q;;;;;;2*+3;-2/p-2. The molecule has 0 fully saturated rings. The van der Waals surface area contributed by atoms with Crippen molar-refractivity contribution in [2.45, 2.75) is 80.8 Å². The maximum Gasteiger partial charge on any atom is 3.00 e. The van der Waals surface area contributed by atoms with E-state index in [1.54, 1.807) is 0 Å². The van der Waals surface area contributed by atoms with Gasteiger partial charge in [0.15, 0.2) is 0 Å². The first-order chi connectivity index (χ1) is 32.0. The van der Waals surface area contributed by atoms with E-state index in [0.717, 1.165) is 108 Å². The average molecular weight is 1220 g/mol. The summed E-state index contributed by atoms with van der Waals surface area (Å²) in [5.74, 6) is 0. The van der Waals surface area contributed by atoms with E-state index in [2.05, 4.69) is 136 Å². The summed E-state index contributed by atoms with van der Waals surface area (Å²) in [5.41, 5.74) is 12.7. The molecule has 0 aliphatic carbocycles. The SMILES string of the molecule is Cc1cccc(CN(Cc2cccc(C)n2)Cc2cccc(C)n2)n1.Cc1cccc(CN(Cc2cccc(C)n2)Cc2cccc(C)n2)n1.ClCCl.ClCCl.[Ni+3].[Ni+3].[O-][Cl+3]([O-])([O-])[O-].[O-][Cl+3]([O-])([O-])[O-].[S-][S-]. The maximum absolute atomic E-state index is 8.49. The van der Waals surface area contributed by atoms with Crippen LogP contribution in [0.15, 0.2) is 109 Å². The number of rotatable bonds is 12. The monoisotopic (exact) mass is 1210 g/mol. The van der Waals surface area contributed by atoms with E-state index in [0.29, 0.717) is 0 Å². The zero-order valence-corrected chi connectivity index (χ0v) is 46.8. The Morgan fingerprint density at radius 1 is 0.343 bits per heavy atom. The van der Waals surface area contributed by atoms with Crippen molar-refractivity contribution in [3.63, 3.8) is 0 Å². The van der Waals surface area contributed by atoms with Crippen molar-refractivity contribution in [2.24, 2.45) is 0 Å². The third-order valence-electron chi connectivity index (χ3n) is 7.99. The fraction of sp³-hybridized carbons (Fsp3) is 0.318. The topological polar surface area (TPSA) is 268 Å². The van der Waals surface area contributed by atoms with Crippen LogP contribution in [0.1, 0.15) is 68.3 Å². The summed E-state index contributed by atoms with van der Waals surface area (Å²) in [6, 6.07) is 37.0. The van der Waals surface area contributed by atoms with Crippen molar-refractivity contribution in [2.75, 3.05) is 10.7 Å². The van der Waals surface area contributed by atoms with Crippen LogP contribution >= 0.6 is 46.4 Å². The second-order valence-corrected chi connectivity index (χ2v) is 17.0. The molecule has 6 rings (SSSR count). The van der Waals surface area contributed by atoms with Crippen molar-refractivity contribution in [3.8, 4) is 0 Å². The summed E-state index contributed by atoms with van der Waals surface area (Å²) in [4.78, 5) is 32.6. The predicted molar refractivity (Wildman–Crippen MR) is 248 cm³/mol. The van der Waals surface area contributed by atoms with Gasteiger partial charge in [-0.15, -0.1) is 66.9 Å². The molecule has 6 heterocycles. The van der Waals surface area contributed by atoms with Gasteiger partial charge in [0.25, 0.3) is 0 Å². The molecule has 0 bridgehead atoms. The molecule has 0 aromatic carbocycles. The largest absolute Gasteiger partial charge is 3.00 e. The molecule has 0 spiro atoms. The Labute approximate surface area is 465 Å². The van der Waals surface area contributed by atoms with Crippen molar-refractivity contribution >= 4 is 69.7 Å². The van der Waals surface area contributed by atoms with Gasteiger partial charge in [0.1, 0.15) is 0 Å². The Morgan fingerprint density at radius 3 is 0.557 bits per heavy atom. The Hall–Kier alpha value is -2.07. The number of nitrogens with zero attached hydrogens (tertiary/aromatic N) is 8. The van der Waals surface area contributed by atoms with E-state index in [-0.39, 0.29) is 43.7 Å². The van der Waals surface area contributed by atoms with Crippen LogP contribution in [0.5, 0.6) is 0 Å². The van der Waals surface area contributed by atoms with Gasteiger partial charge in [0, 0.05) is 73.4 Å². The Balaban J connectivity index is -0.000000936. The first-order valence-electron chi connectivity index (χ1n) is 19.6. The smallest absolute Gasteiger partial charge is 1.00 e. The molecule has 26 heteroatoms. The predicted octanol–water partition coefficient (Wildman–Crippen LogP) is 1.32. The molecule has 6 aromatic rings. The summed E-state index contributed by atoms with van der Waals surface area (Å²) < 4.78 is 67.9. The van der Waals surface area contributed by atoms with Crippen molar-refractivity contribution in [1.82, 2.24) is 39.7 Å². The molecule has 0 N–H and O–H groups in total. The number of alkyl halides is 4. The molecule has 0 aliphatic rings. The van der Waals surface area contributed by atoms with E-state index in [9.17, 15) is 0 Å². The number of halogens is 6. The number of aromatic nitrogens is 6. The summed E-state index contributed by atoms with van der Waals surface area (Å²) >= 11 is 26.4. The van der Waals surface area contributed by atoms with Crippen LogP contribution in [-0.4, -0.2) is 50.4 Å². The van der Waals surface area contributed by atoms with Gasteiger partial charge in [-0.3, -0.25) is 39.7 Å². The fourth-order valence-electron chi connectivity index (χ4n) is 5.84. The summed E-state index contributed by atoms with van der Waals surface area (Å²) in [6.45, 7) is 16.8. The van der Waals surface area contributed by atoms with Crippen LogP contribution in [0.25, 0.3) is 0 Å². The van der Waals surface area contributed by atoms with Crippen LogP contribution in [0, 0.1) is 62.0 Å². The molecule has 0 unspecified atom stereocenters. The van der Waals surface area contributed by atoms with Crippen molar-refractivity contribution < 1.29 is 90.7 Å². The van der Waals surface area contributed by atoms with E-state index in [1.807, 2.05) is 77.9 Å².